The number of alkyl halides is 3. The number of halogens is 3. The number of amides is 1. The average Bonchev–Trinajstić information content (AvgIpc) is 2.83. The van der Waals surface area contributed by atoms with Gasteiger partial charge >= 0.3 is 12.1 Å². The molecular formula is C14H14F3N3O3. The Bertz CT molecular complexity index is 766. The molecule has 0 bridgehead atoms. The summed E-state index contributed by atoms with van der Waals surface area (Å²) in [6.45, 7) is 2.60. The molecule has 1 aromatic carbocycles. The van der Waals surface area contributed by atoms with Crippen LogP contribution >= 0.6 is 0 Å². The average molecular weight is 329 g/mol. The first-order chi connectivity index (χ1) is 10.6. The molecule has 0 radical (unpaired) electrons. The smallest absolute Gasteiger partial charge is 0.449 e. The molecule has 2 aromatic rings. The number of rotatable bonds is 4. The molecule has 0 aliphatic rings. The molecule has 1 aromatic heterocycles. The molecular weight excluding hydrogens is 315 g/mol. The summed E-state index contributed by atoms with van der Waals surface area (Å²) in [7, 11) is 0. The summed E-state index contributed by atoms with van der Waals surface area (Å²) in [6.07, 6.45) is -4.62. The second-order valence-electron chi connectivity index (χ2n) is 5.14. The minimum Gasteiger partial charge on any atom is -0.452 e. The largest absolute Gasteiger partial charge is 0.452 e. The number of esters is 1. The highest BCUT2D eigenvalue weighted by Gasteiger charge is 2.38. The van der Waals surface area contributed by atoms with E-state index in [1.54, 1.807) is 13.8 Å². The molecule has 1 heterocycles. The number of nitrogens with zero attached hydrogens (tertiary/aromatic N) is 2. The number of hydrogen-bond acceptors (Lipinski definition) is 4. The predicted molar refractivity (Wildman–Crippen MR) is 74.6 cm³/mol. The molecule has 23 heavy (non-hydrogen) atoms. The van der Waals surface area contributed by atoms with Crippen LogP contribution < -0.4 is 5.73 Å². The summed E-state index contributed by atoms with van der Waals surface area (Å²) in [5, 5.41) is 0. The van der Waals surface area contributed by atoms with Crippen molar-refractivity contribution in [1.29, 1.82) is 0 Å². The number of aromatic nitrogens is 2. The van der Waals surface area contributed by atoms with E-state index < -0.39 is 36.5 Å². The van der Waals surface area contributed by atoms with Gasteiger partial charge in [-0.2, -0.15) is 13.2 Å². The fourth-order valence-corrected chi connectivity index (χ4v) is 2.17. The van der Waals surface area contributed by atoms with Gasteiger partial charge in [0.25, 0.3) is 5.91 Å². The Morgan fingerprint density at radius 2 is 2.00 bits per heavy atom. The topological polar surface area (TPSA) is 87.2 Å². The molecule has 6 nitrogen and oxygen atoms in total. The van der Waals surface area contributed by atoms with Crippen LogP contribution in [-0.4, -0.2) is 28.0 Å². The lowest BCUT2D eigenvalue weighted by molar-refractivity contribution is -0.147. The van der Waals surface area contributed by atoms with Crippen molar-refractivity contribution in [3.63, 3.8) is 0 Å². The number of fused-ring (bicyclic) bond motifs is 1. The second-order valence-corrected chi connectivity index (χ2v) is 5.14. The summed E-state index contributed by atoms with van der Waals surface area (Å²) >= 11 is 0. The lowest BCUT2D eigenvalue weighted by Gasteiger charge is -2.14. The van der Waals surface area contributed by atoms with Gasteiger partial charge in [0.2, 0.25) is 5.82 Å². The summed E-state index contributed by atoms with van der Waals surface area (Å²) in [5.74, 6) is -2.73. The van der Waals surface area contributed by atoms with Crippen LogP contribution in [0.2, 0.25) is 0 Å². The normalized spacial score (nSPS) is 11.9. The molecule has 2 rings (SSSR count). The number of hydrogen-bond donors (Lipinski definition) is 1. The molecule has 0 spiro atoms. The third-order valence-corrected chi connectivity index (χ3v) is 3.04. The summed E-state index contributed by atoms with van der Waals surface area (Å²) in [5.41, 5.74) is 5.11. The molecule has 0 fully saturated rings. The Hall–Kier alpha value is -2.58. The maximum absolute atomic E-state index is 13.1. The lowest BCUT2D eigenvalue weighted by atomic mass is 10.2. The first-order valence-electron chi connectivity index (χ1n) is 6.66. The van der Waals surface area contributed by atoms with E-state index in [9.17, 15) is 22.8 Å². The standard InChI is InChI=1S/C14H14F3N3O3/c1-7(2)20-10-4-3-8(12(22)23-6-11(18)21)5-9(10)19-13(20)14(15,16)17/h3-5,7H,6H2,1-2H3,(H2,18,21). The van der Waals surface area contributed by atoms with Crippen LogP contribution in [0, 0.1) is 0 Å². The van der Waals surface area contributed by atoms with E-state index in [0.29, 0.717) is 0 Å². The Balaban J connectivity index is 2.49. The van der Waals surface area contributed by atoms with Crippen molar-refractivity contribution in [2.75, 3.05) is 6.61 Å². The van der Waals surface area contributed by atoms with Crippen molar-refractivity contribution in [1.82, 2.24) is 9.55 Å². The fourth-order valence-electron chi connectivity index (χ4n) is 2.17. The van der Waals surface area contributed by atoms with Gasteiger partial charge in [-0.05, 0) is 32.0 Å². The van der Waals surface area contributed by atoms with E-state index in [1.165, 1.54) is 18.2 Å². The third-order valence-electron chi connectivity index (χ3n) is 3.04. The van der Waals surface area contributed by atoms with Crippen LogP contribution in [0.1, 0.15) is 36.1 Å². The van der Waals surface area contributed by atoms with Crippen molar-refractivity contribution in [2.45, 2.75) is 26.1 Å². The lowest BCUT2D eigenvalue weighted by Crippen LogP contribution is -2.20. The maximum atomic E-state index is 13.1. The Morgan fingerprint density at radius 3 is 2.52 bits per heavy atom. The summed E-state index contributed by atoms with van der Waals surface area (Å²) < 4.78 is 44.9. The van der Waals surface area contributed by atoms with Crippen molar-refractivity contribution in [3.8, 4) is 0 Å². The number of nitrogens with two attached hydrogens (primary N) is 1. The Labute approximate surface area is 129 Å². The van der Waals surface area contributed by atoms with Crippen molar-refractivity contribution < 1.29 is 27.5 Å². The highest BCUT2D eigenvalue weighted by atomic mass is 19.4. The zero-order valence-electron chi connectivity index (χ0n) is 12.3. The van der Waals surface area contributed by atoms with Gasteiger partial charge in [0.05, 0.1) is 16.6 Å². The third kappa shape index (κ3) is 3.43. The van der Waals surface area contributed by atoms with E-state index in [1.807, 2.05) is 0 Å². The fraction of sp³-hybridized carbons (Fsp3) is 0.357. The van der Waals surface area contributed by atoms with Crippen molar-refractivity contribution >= 4 is 22.9 Å². The van der Waals surface area contributed by atoms with Crippen LogP contribution in [0.15, 0.2) is 18.2 Å². The number of imidazole rings is 1. The number of primary amides is 1. The van der Waals surface area contributed by atoms with E-state index >= 15 is 0 Å². The van der Waals surface area contributed by atoms with E-state index in [2.05, 4.69) is 9.72 Å². The summed E-state index contributed by atoms with van der Waals surface area (Å²) in [6, 6.07) is 3.39. The van der Waals surface area contributed by atoms with Gasteiger partial charge in [-0.1, -0.05) is 0 Å². The first-order valence-corrected chi connectivity index (χ1v) is 6.66. The molecule has 0 saturated carbocycles. The quantitative estimate of drug-likeness (QED) is 0.872. The van der Waals surface area contributed by atoms with Crippen LogP contribution in [0.4, 0.5) is 13.2 Å². The first kappa shape index (κ1) is 16.8. The number of ether oxygens (including phenoxy) is 1. The minimum absolute atomic E-state index is 0.0131. The van der Waals surface area contributed by atoms with Gasteiger partial charge in [-0.25, -0.2) is 9.78 Å². The minimum atomic E-state index is -4.62. The van der Waals surface area contributed by atoms with Gasteiger partial charge in [-0.15, -0.1) is 0 Å². The number of carbonyl (C=O) groups excluding carboxylic acids is 2. The second kappa shape index (κ2) is 5.90. The highest BCUT2D eigenvalue weighted by molar-refractivity contribution is 5.94. The molecule has 9 heteroatoms. The van der Waals surface area contributed by atoms with Crippen LogP contribution in [0.3, 0.4) is 0 Å². The Kier molecular flexibility index (Phi) is 4.31. The number of carbonyl (C=O) groups is 2. The van der Waals surface area contributed by atoms with Gasteiger partial charge in [0, 0.05) is 6.04 Å². The molecule has 2 N–H and O–H groups in total. The monoisotopic (exact) mass is 329 g/mol. The van der Waals surface area contributed by atoms with Gasteiger partial charge in [0.1, 0.15) is 0 Å². The maximum Gasteiger partial charge on any atom is 0.449 e. The van der Waals surface area contributed by atoms with Gasteiger partial charge < -0.3 is 15.0 Å². The van der Waals surface area contributed by atoms with Crippen LogP contribution in [0.25, 0.3) is 11.0 Å². The predicted octanol–water partition coefficient (Wildman–Crippen LogP) is 2.28. The Morgan fingerprint density at radius 1 is 1.35 bits per heavy atom. The van der Waals surface area contributed by atoms with E-state index in [4.69, 9.17) is 5.73 Å². The molecule has 0 unspecified atom stereocenters. The van der Waals surface area contributed by atoms with Crippen LogP contribution in [-0.2, 0) is 15.7 Å². The number of benzene rings is 1. The van der Waals surface area contributed by atoms with E-state index in [-0.39, 0.29) is 16.6 Å². The van der Waals surface area contributed by atoms with Gasteiger partial charge in [0.15, 0.2) is 6.61 Å². The SMILES string of the molecule is CC(C)n1c(C(F)(F)F)nc2cc(C(=O)OCC(N)=O)ccc21. The molecule has 0 aliphatic carbocycles. The molecule has 0 aliphatic heterocycles. The van der Waals surface area contributed by atoms with Gasteiger partial charge in [-0.3, -0.25) is 4.79 Å². The molecule has 1 amide bonds. The zero-order chi connectivity index (χ0) is 17.4. The van der Waals surface area contributed by atoms with E-state index in [0.717, 1.165) is 4.57 Å². The summed E-state index contributed by atoms with van der Waals surface area (Å²) in [4.78, 5) is 25.9. The highest BCUT2D eigenvalue weighted by Crippen LogP contribution is 2.33. The molecule has 0 saturated heterocycles. The van der Waals surface area contributed by atoms with Crippen LogP contribution in [0.5, 0.6) is 0 Å². The van der Waals surface area contributed by atoms with Crippen molar-refractivity contribution in [2.24, 2.45) is 5.73 Å². The van der Waals surface area contributed by atoms with Crippen molar-refractivity contribution in [3.05, 3.63) is 29.6 Å². The molecule has 124 valence electrons. The molecule has 0 atom stereocenters. The zero-order valence-corrected chi connectivity index (χ0v) is 12.3.